The summed E-state index contributed by atoms with van der Waals surface area (Å²) in [5, 5.41) is 9.35. The van der Waals surface area contributed by atoms with Crippen LogP contribution in [-0.2, 0) is 11.2 Å². The van der Waals surface area contributed by atoms with Crippen LogP contribution < -0.4 is 5.56 Å². The molecular weight excluding hydrogens is 305 g/mol. The average Bonchev–Trinajstić information content (AvgIpc) is 2.33. The first-order valence-electron chi connectivity index (χ1n) is 5.51. The molecule has 0 aromatic carbocycles. The highest BCUT2D eigenvalue weighted by Gasteiger charge is 2.15. The van der Waals surface area contributed by atoms with Gasteiger partial charge in [0.1, 0.15) is 5.69 Å². The molecule has 0 atom stereocenters. The van der Waals surface area contributed by atoms with Crippen LogP contribution in [0.5, 0.6) is 0 Å². The fraction of sp³-hybridized carbons (Fsp3) is 0.167. The van der Waals surface area contributed by atoms with E-state index >= 15 is 0 Å². The van der Waals surface area contributed by atoms with Gasteiger partial charge in [0.25, 0.3) is 5.56 Å². The molecule has 2 heterocycles. The summed E-state index contributed by atoms with van der Waals surface area (Å²) in [5.74, 6) is -0.931. The Bertz CT molecular complexity index is 743. The second-order valence-electron chi connectivity index (χ2n) is 4.03. The first-order chi connectivity index (χ1) is 9.38. The molecule has 2 N–H and O–H groups in total. The van der Waals surface area contributed by atoms with Gasteiger partial charge in [-0.2, -0.15) is 0 Å². The molecule has 8 heteroatoms. The number of aliphatic carboxylic acids is 1. The van der Waals surface area contributed by atoms with E-state index in [0.29, 0.717) is 10.7 Å². The lowest BCUT2D eigenvalue weighted by atomic mass is 10.1. The third kappa shape index (κ3) is 2.97. The van der Waals surface area contributed by atoms with Crippen molar-refractivity contribution in [2.24, 2.45) is 0 Å². The highest BCUT2D eigenvalue weighted by molar-refractivity contribution is 6.35. The fourth-order valence-corrected chi connectivity index (χ4v) is 2.14. The monoisotopic (exact) mass is 313 g/mol. The molecule has 0 aliphatic rings. The highest BCUT2D eigenvalue weighted by atomic mass is 35.5. The average molecular weight is 314 g/mol. The number of hydrogen-bond donors (Lipinski definition) is 2. The molecule has 2 aromatic heterocycles. The Labute approximate surface area is 123 Å². The summed E-state index contributed by atoms with van der Waals surface area (Å²) in [7, 11) is 0. The minimum atomic E-state index is -1.10. The number of rotatable bonds is 3. The number of aromatic amines is 1. The quantitative estimate of drug-likeness (QED) is 0.904. The first-order valence-corrected chi connectivity index (χ1v) is 6.27. The number of H-pyrrole nitrogens is 1. The number of aromatic nitrogens is 3. The van der Waals surface area contributed by atoms with E-state index in [0.717, 1.165) is 0 Å². The van der Waals surface area contributed by atoms with Crippen molar-refractivity contribution in [3.63, 3.8) is 0 Å². The number of carbonyl (C=O) groups is 1. The lowest BCUT2D eigenvalue weighted by Crippen LogP contribution is -2.20. The molecule has 6 nitrogen and oxygen atoms in total. The van der Waals surface area contributed by atoms with Crippen LogP contribution in [-0.4, -0.2) is 26.0 Å². The SMILES string of the molecule is Cc1nc(-c2ncc(Cl)cc2Cl)[nH]c(=O)c1CC(=O)O. The Balaban J connectivity index is 2.55. The molecule has 20 heavy (non-hydrogen) atoms. The van der Waals surface area contributed by atoms with E-state index in [4.69, 9.17) is 28.3 Å². The van der Waals surface area contributed by atoms with Crippen LogP contribution in [0.4, 0.5) is 0 Å². The van der Waals surface area contributed by atoms with E-state index < -0.39 is 17.9 Å². The minimum absolute atomic E-state index is 0.103. The molecule has 0 aliphatic carbocycles. The number of aryl methyl sites for hydroxylation is 1. The van der Waals surface area contributed by atoms with E-state index in [1.54, 1.807) is 6.92 Å². The molecule has 0 saturated heterocycles. The van der Waals surface area contributed by atoms with Crippen molar-refractivity contribution in [1.82, 2.24) is 15.0 Å². The molecule has 104 valence electrons. The van der Waals surface area contributed by atoms with Gasteiger partial charge in [-0.1, -0.05) is 23.2 Å². The normalized spacial score (nSPS) is 10.6. The van der Waals surface area contributed by atoms with Gasteiger partial charge in [-0.3, -0.25) is 9.59 Å². The number of carboxylic acid groups (broad SMARTS) is 1. The van der Waals surface area contributed by atoms with E-state index in [1.807, 2.05) is 0 Å². The highest BCUT2D eigenvalue weighted by Crippen LogP contribution is 2.25. The second-order valence-corrected chi connectivity index (χ2v) is 4.88. The standard InChI is InChI=1S/C12H9Cl2N3O3/c1-5-7(3-9(18)19)12(20)17-11(16-5)10-8(14)2-6(13)4-15-10/h2,4H,3H2,1H3,(H,18,19)(H,16,17,20). The van der Waals surface area contributed by atoms with Crippen LogP contribution in [0, 0.1) is 6.92 Å². The van der Waals surface area contributed by atoms with Crippen molar-refractivity contribution in [3.8, 4) is 11.5 Å². The molecule has 0 amide bonds. The van der Waals surface area contributed by atoms with Gasteiger partial charge < -0.3 is 10.1 Å². The Morgan fingerprint density at radius 2 is 2.15 bits per heavy atom. The third-order valence-corrected chi connectivity index (χ3v) is 3.08. The van der Waals surface area contributed by atoms with Gasteiger partial charge in [0.2, 0.25) is 0 Å². The van der Waals surface area contributed by atoms with Crippen LogP contribution in [0.1, 0.15) is 11.3 Å². The van der Waals surface area contributed by atoms with Gasteiger partial charge in [0.15, 0.2) is 5.82 Å². The molecule has 0 fully saturated rings. The van der Waals surface area contributed by atoms with Crippen molar-refractivity contribution >= 4 is 29.2 Å². The van der Waals surface area contributed by atoms with Crippen molar-refractivity contribution in [3.05, 3.63) is 43.9 Å². The first kappa shape index (κ1) is 14.5. The Kier molecular flexibility index (Phi) is 4.06. The van der Waals surface area contributed by atoms with E-state index in [-0.39, 0.29) is 22.1 Å². The lowest BCUT2D eigenvalue weighted by Gasteiger charge is -2.06. The minimum Gasteiger partial charge on any atom is -0.481 e. The summed E-state index contributed by atoms with van der Waals surface area (Å²) in [5.41, 5.74) is 0.172. The third-order valence-electron chi connectivity index (χ3n) is 2.58. The zero-order valence-electron chi connectivity index (χ0n) is 10.3. The van der Waals surface area contributed by atoms with Crippen molar-refractivity contribution in [2.45, 2.75) is 13.3 Å². The van der Waals surface area contributed by atoms with Gasteiger partial charge in [-0.05, 0) is 13.0 Å². The molecule has 0 saturated carbocycles. The van der Waals surface area contributed by atoms with E-state index in [9.17, 15) is 9.59 Å². The Morgan fingerprint density at radius 1 is 1.45 bits per heavy atom. The van der Waals surface area contributed by atoms with Crippen LogP contribution in [0.3, 0.4) is 0 Å². The van der Waals surface area contributed by atoms with Crippen molar-refractivity contribution in [2.75, 3.05) is 0 Å². The van der Waals surface area contributed by atoms with Gasteiger partial charge >= 0.3 is 5.97 Å². The Hall–Kier alpha value is -1.92. The van der Waals surface area contributed by atoms with Gasteiger partial charge in [0.05, 0.1) is 16.5 Å². The molecule has 0 bridgehead atoms. The molecular formula is C12H9Cl2N3O3. The van der Waals surface area contributed by atoms with E-state index in [2.05, 4.69) is 15.0 Å². The molecule has 2 aromatic rings. The van der Waals surface area contributed by atoms with Gasteiger partial charge in [-0.25, -0.2) is 9.97 Å². The molecule has 0 radical (unpaired) electrons. The predicted molar refractivity (Wildman–Crippen MR) is 74.2 cm³/mol. The molecule has 0 spiro atoms. The van der Waals surface area contributed by atoms with E-state index in [1.165, 1.54) is 12.3 Å². The van der Waals surface area contributed by atoms with Crippen LogP contribution in [0.15, 0.2) is 17.1 Å². The zero-order chi connectivity index (χ0) is 14.9. The number of nitrogens with zero attached hydrogens (tertiary/aromatic N) is 2. The summed E-state index contributed by atoms with van der Waals surface area (Å²) in [6, 6.07) is 1.48. The number of halogens is 2. The van der Waals surface area contributed by atoms with Gasteiger partial charge in [0, 0.05) is 17.5 Å². The van der Waals surface area contributed by atoms with Gasteiger partial charge in [-0.15, -0.1) is 0 Å². The van der Waals surface area contributed by atoms with Crippen molar-refractivity contribution in [1.29, 1.82) is 0 Å². The maximum atomic E-state index is 11.9. The van der Waals surface area contributed by atoms with Crippen LogP contribution in [0.25, 0.3) is 11.5 Å². The predicted octanol–water partition coefficient (Wildman–Crippen LogP) is 2.07. The summed E-state index contributed by atoms with van der Waals surface area (Å²) in [6.07, 6.45) is 0.986. The van der Waals surface area contributed by atoms with Crippen LogP contribution >= 0.6 is 23.2 Å². The smallest absolute Gasteiger partial charge is 0.308 e. The zero-order valence-corrected chi connectivity index (χ0v) is 11.8. The summed E-state index contributed by atoms with van der Waals surface area (Å²) < 4.78 is 0. The fourth-order valence-electron chi connectivity index (χ4n) is 1.67. The maximum absolute atomic E-state index is 11.9. The number of carboxylic acids is 1. The topological polar surface area (TPSA) is 95.9 Å². The Morgan fingerprint density at radius 3 is 2.70 bits per heavy atom. The summed E-state index contributed by atoms with van der Waals surface area (Å²) >= 11 is 11.7. The molecule has 0 unspecified atom stereocenters. The number of hydrogen-bond acceptors (Lipinski definition) is 4. The number of pyridine rings is 1. The van der Waals surface area contributed by atoms with Crippen molar-refractivity contribution < 1.29 is 9.90 Å². The largest absolute Gasteiger partial charge is 0.481 e. The summed E-state index contributed by atoms with van der Waals surface area (Å²) in [6.45, 7) is 1.56. The second kappa shape index (κ2) is 5.60. The molecule has 2 rings (SSSR count). The molecule has 0 aliphatic heterocycles. The van der Waals surface area contributed by atoms with Crippen LogP contribution in [0.2, 0.25) is 10.0 Å². The summed E-state index contributed by atoms with van der Waals surface area (Å²) in [4.78, 5) is 33.2. The number of nitrogens with one attached hydrogen (secondary N) is 1. The lowest BCUT2D eigenvalue weighted by molar-refractivity contribution is -0.136. The maximum Gasteiger partial charge on any atom is 0.308 e.